The molecule has 1 fully saturated rings. The van der Waals surface area contributed by atoms with Crippen LogP contribution in [0.15, 0.2) is 47.8 Å². The van der Waals surface area contributed by atoms with Gasteiger partial charge in [0.1, 0.15) is 7.05 Å². The molecular formula is C26H28NS+. The number of nitrogens with zero attached hydrogens (tertiary/aromatic N) is 1. The maximum absolute atomic E-state index is 2.47. The average molecular weight is 387 g/mol. The molecule has 1 aliphatic rings. The lowest BCUT2D eigenvalue weighted by Crippen LogP contribution is -2.35. The molecule has 2 aromatic heterocycles. The Hall–Kier alpha value is -2.19. The van der Waals surface area contributed by atoms with Gasteiger partial charge in [-0.3, -0.25) is 0 Å². The lowest BCUT2D eigenvalue weighted by Gasteiger charge is -2.22. The Morgan fingerprint density at radius 1 is 0.893 bits per heavy atom. The zero-order chi connectivity index (χ0) is 19.3. The van der Waals surface area contributed by atoms with Crippen LogP contribution in [0.25, 0.3) is 32.1 Å². The van der Waals surface area contributed by atoms with Crippen molar-refractivity contribution >= 4 is 32.2 Å². The van der Waals surface area contributed by atoms with Crippen LogP contribution in [0.1, 0.15) is 54.8 Å². The molecule has 0 amide bonds. The molecule has 0 bridgehead atoms. The Morgan fingerprint density at radius 2 is 1.71 bits per heavy atom. The molecule has 2 heterocycles. The maximum Gasteiger partial charge on any atom is 0.220 e. The first-order valence-corrected chi connectivity index (χ1v) is 11.4. The summed E-state index contributed by atoms with van der Waals surface area (Å²) in [5.74, 6) is 0.750. The highest BCUT2D eigenvalue weighted by atomic mass is 32.1. The van der Waals surface area contributed by atoms with Gasteiger partial charge in [-0.15, -0.1) is 11.3 Å². The van der Waals surface area contributed by atoms with Crippen LogP contribution in [-0.4, -0.2) is 0 Å². The van der Waals surface area contributed by atoms with E-state index in [9.17, 15) is 0 Å². The molecule has 0 unspecified atom stereocenters. The van der Waals surface area contributed by atoms with E-state index in [1.54, 1.807) is 0 Å². The van der Waals surface area contributed by atoms with Crippen LogP contribution in [0, 0.1) is 13.8 Å². The number of rotatable bonds is 2. The van der Waals surface area contributed by atoms with Crippen molar-refractivity contribution in [2.75, 3.05) is 0 Å². The summed E-state index contributed by atoms with van der Waals surface area (Å²) in [6.07, 6.45) is 6.89. The summed E-state index contributed by atoms with van der Waals surface area (Å²) >= 11 is 1.83. The molecule has 2 heteroatoms. The molecule has 28 heavy (non-hydrogen) atoms. The van der Waals surface area contributed by atoms with Gasteiger partial charge in [0.05, 0.1) is 10.9 Å². The molecular weight excluding hydrogens is 358 g/mol. The normalized spacial score (nSPS) is 15.5. The Balaban J connectivity index is 1.72. The first-order chi connectivity index (χ1) is 13.6. The van der Waals surface area contributed by atoms with E-state index in [-0.39, 0.29) is 0 Å². The quantitative estimate of drug-likeness (QED) is 0.320. The predicted octanol–water partition coefficient (Wildman–Crippen LogP) is 7.21. The zero-order valence-corrected chi connectivity index (χ0v) is 17.9. The molecule has 1 saturated carbocycles. The average Bonchev–Trinajstić information content (AvgIpc) is 3.16. The van der Waals surface area contributed by atoms with Gasteiger partial charge in [-0.2, -0.15) is 4.57 Å². The minimum Gasteiger partial charge on any atom is -0.198 e. The Labute approximate surface area is 171 Å². The van der Waals surface area contributed by atoms with Crippen LogP contribution in [0.4, 0.5) is 0 Å². The largest absolute Gasteiger partial charge is 0.220 e. The smallest absolute Gasteiger partial charge is 0.198 e. The Bertz CT molecular complexity index is 1180. The first-order valence-electron chi connectivity index (χ1n) is 10.5. The number of aromatic nitrogens is 1. The molecule has 4 aromatic rings. The molecule has 0 N–H and O–H groups in total. The van der Waals surface area contributed by atoms with Gasteiger partial charge in [-0.05, 0) is 77.2 Å². The molecule has 0 aliphatic heterocycles. The summed E-state index contributed by atoms with van der Waals surface area (Å²) in [5.41, 5.74) is 6.91. The van der Waals surface area contributed by atoms with Gasteiger partial charge in [0, 0.05) is 17.7 Å². The zero-order valence-electron chi connectivity index (χ0n) is 17.1. The molecule has 0 saturated heterocycles. The summed E-state index contributed by atoms with van der Waals surface area (Å²) in [7, 11) is 2.21. The highest BCUT2D eigenvalue weighted by molar-refractivity contribution is 7.17. The van der Waals surface area contributed by atoms with E-state index in [2.05, 4.69) is 73.3 Å². The minimum atomic E-state index is 0.750. The summed E-state index contributed by atoms with van der Waals surface area (Å²) in [6.45, 7) is 4.48. The van der Waals surface area contributed by atoms with Crippen LogP contribution in [0.2, 0.25) is 0 Å². The van der Waals surface area contributed by atoms with Crippen LogP contribution in [0.5, 0.6) is 0 Å². The summed E-state index contributed by atoms with van der Waals surface area (Å²) in [6, 6.07) is 16.6. The van der Waals surface area contributed by atoms with Crippen molar-refractivity contribution in [3.63, 3.8) is 0 Å². The van der Waals surface area contributed by atoms with E-state index in [1.165, 1.54) is 81.0 Å². The van der Waals surface area contributed by atoms with Crippen LogP contribution in [0.3, 0.4) is 0 Å². The second-order valence-electron chi connectivity index (χ2n) is 8.50. The number of fused-ring (bicyclic) bond motifs is 2. The fourth-order valence-electron chi connectivity index (χ4n) is 4.99. The number of thiophene rings is 1. The third-order valence-electron chi connectivity index (χ3n) is 6.69. The van der Waals surface area contributed by atoms with Crippen molar-refractivity contribution in [2.45, 2.75) is 51.9 Å². The topological polar surface area (TPSA) is 3.88 Å². The third-order valence-corrected chi connectivity index (χ3v) is 7.57. The Kier molecular flexibility index (Phi) is 4.47. The Morgan fingerprint density at radius 3 is 2.54 bits per heavy atom. The van der Waals surface area contributed by atoms with Crippen molar-refractivity contribution in [3.8, 4) is 11.3 Å². The van der Waals surface area contributed by atoms with Gasteiger partial charge in [-0.25, -0.2) is 0 Å². The van der Waals surface area contributed by atoms with Gasteiger partial charge < -0.3 is 0 Å². The standard InChI is InChI=1S/C26H28NS/c1-17-13-21-11-12-28-25(21)16-24(17)26-23-10-9-20(19-7-5-4-6-8-19)15-22(23)14-18(2)27(26)3/h9-16,19H,4-8H2,1-3H3/q+1. The molecule has 0 radical (unpaired) electrons. The van der Waals surface area contributed by atoms with Gasteiger partial charge in [0.15, 0.2) is 5.69 Å². The van der Waals surface area contributed by atoms with E-state index in [4.69, 9.17) is 0 Å². The van der Waals surface area contributed by atoms with E-state index in [0.29, 0.717) is 0 Å². The van der Waals surface area contributed by atoms with Crippen molar-refractivity contribution < 1.29 is 4.57 Å². The van der Waals surface area contributed by atoms with Gasteiger partial charge in [0.25, 0.3) is 0 Å². The van der Waals surface area contributed by atoms with Crippen LogP contribution >= 0.6 is 11.3 Å². The number of aryl methyl sites for hydroxylation is 2. The highest BCUT2D eigenvalue weighted by Crippen LogP contribution is 2.37. The third kappa shape index (κ3) is 2.95. The number of hydrogen-bond acceptors (Lipinski definition) is 1. The minimum absolute atomic E-state index is 0.750. The maximum atomic E-state index is 2.47. The molecule has 142 valence electrons. The van der Waals surface area contributed by atoms with Gasteiger partial charge >= 0.3 is 0 Å². The lowest BCUT2D eigenvalue weighted by molar-refractivity contribution is -0.665. The van der Waals surface area contributed by atoms with Crippen molar-refractivity contribution in [1.29, 1.82) is 0 Å². The number of pyridine rings is 1. The highest BCUT2D eigenvalue weighted by Gasteiger charge is 2.22. The molecule has 2 aromatic carbocycles. The van der Waals surface area contributed by atoms with E-state index >= 15 is 0 Å². The molecule has 1 aliphatic carbocycles. The van der Waals surface area contributed by atoms with Crippen LogP contribution in [-0.2, 0) is 7.05 Å². The van der Waals surface area contributed by atoms with Crippen LogP contribution < -0.4 is 4.57 Å². The van der Waals surface area contributed by atoms with Gasteiger partial charge in [0.2, 0.25) is 5.69 Å². The molecule has 5 rings (SSSR count). The molecule has 0 atom stereocenters. The summed E-state index contributed by atoms with van der Waals surface area (Å²) in [5, 5.41) is 6.30. The summed E-state index contributed by atoms with van der Waals surface area (Å²) in [4.78, 5) is 0. The van der Waals surface area contributed by atoms with Crippen molar-refractivity contribution in [3.05, 3.63) is 64.7 Å². The number of hydrogen-bond donors (Lipinski definition) is 0. The predicted molar refractivity (Wildman–Crippen MR) is 121 cm³/mol. The first kappa shape index (κ1) is 17.9. The second kappa shape index (κ2) is 7.00. The van der Waals surface area contributed by atoms with E-state index < -0.39 is 0 Å². The SMILES string of the molecule is Cc1cc2ccsc2cc1-c1c2ccc(C3CCCCC3)cc2cc(C)[n+]1C. The van der Waals surface area contributed by atoms with E-state index in [1.807, 2.05) is 11.3 Å². The number of benzene rings is 2. The van der Waals surface area contributed by atoms with E-state index in [0.717, 1.165) is 5.92 Å². The van der Waals surface area contributed by atoms with Crippen molar-refractivity contribution in [2.24, 2.45) is 7.05 Å². The summed E-state index contributed by atoms with van der Waals surface area (Å²) < 4.78 is 3.73. The fraction of sp³-hybridized carbons (Fsp3) is 0.346. The second-order valence-corrected chi connectivity index (χ2v) is 9.45. The van der Waals surface area contributed by atoms with Crippen molar-refractivity contribution in [1.82, 2.24) is 0 Å². The molecule has 0 spiro atoms. The lowest BCUT2D eigenvalue weighted by atomic mass is 9.83. The monoisotopic (exact) mass is 386 g/mol. The fourth-order valence-corrected chi connectivity index (χ4v) is 5.80. The van der Waals surface area contributed by atoms with Gasteiger partial charge in [-0.1, -0.05) is 31.4 Å². The molecule has 1 nitrogen and oxygen atoms in total.